The van der Waals surface area contributed by atoms with Crippen molar-refractivity contribution in [1.82, 2.24) is 24.8 Å². The summed E-state index contributed by atoms with van der Waals surface area (Å²) in [4.78, 5) is 18.3. The Kier molecular flexibility index (Phi) is 4.87. The summed E-state index contributed by atoms with van der Waals surface area (Å²) in [5, 5.41) is 6.63. The summed E-state index contributed by atoms with van der Waals surface area (Å²) in [7, 11) is -3.63. The van der Waals surface area contributed by atoms with Gasteiger partial charge in [0.2, 0.25) is 10.0 Å². The minimum atomic E-state index is -3.63. The Bertz CT molecular complexity index is 836. The lowest BCUT2D eigenvalue weighted by Crippen LogP contribution is -2.46. The first kappa shape index (κ1) is 17.6. The van der Waals surface area contributed by atoms with Crippen molar-refractivity contribution in [1.29, 1.82) is 0 Å². The molecule has 1 aliphatic heterocycles. The molecule has 0 saturated carbocycles. The highest BCUT2D eigenvalue weighted by atomic mass is 32.2. The molecule has 1 amide bonds. The molecule has 25 heavy (non-hydrogen) atoms. The van der Waals surface area contributed by atoms with Crippen LogP contribution in [0.4, 0.5) is 0 Å². The minimum absolute atomic E-state index is 0.0732. The maximum atomic E-state index is 12.6. The van der Waals surface area contributed by atoms with Crippen molar-refractivity contribution in [2.45, 2.75) is 37.6 Å². The molecule has 0 atom stereocenters. The monoisotopic (exact) mass is 363 g/mol. The van der Waals surface area contributed by atoms with Gasteiger partial charge >= 0.3 is 0 Å². The lowest BCUT2D eigenvalue weighted by atomic mass is 10.1. The SMILES string of the molecule is Cc1n[nH]c(C)c1S(=O)(=O)NC1CCN(C(=O)c2cccnc2)CC1. The predicted molar refractivity (Wildman–Crippen MR) is 91.5 cm³/mol. The number of aromatic nitrogens is 3. The standard InChI is InChI=1S/C16H21N5O3S/c1-11-15(12(2)19-18-11)25(23,24)20-14-5-8-21(9-6-14)16(22)13-4-3-7-17-10-13/h3-4,7,10,14,20H,5-6,8-9H2,1-2H3,(H,18,19). The van der Waals surface area contributed by atoms with Crippen LogP contribution < -0.4 is 4.72 Å². The molecule has 0 aromatic carbocycles. The van der Waals surface area contributed by atoms with Crippen molar-refractivity contribution in [2.75, 3.05) is 13.1 Å². The van der Waals surface area contributed by atoms with Crippen molar-refractivity contribution in [2.24, 2.45) is 0 Å². The number of H-pyrrole nitrogens is 1. The molecule has 2 N–H and O–H groups in total. The number of hydrogen-bond donors (Lipinski definition) is 2. The predicted octanol–water partition coefficient (Wildman–Crippen LogP) is 1.00. The van der Waals surface area contributed by atoms with Crippen LogP contribution in [0.25, 0.3) is 0 Å². The number of likely N-dealkylation sites (tertiary alicyclic amines) is 1. The Morgan fingerprint density at radius 1 is 1.32 bits per heavy atom. The van der Waals surface area contributed by atoms with E-state index in [9.17, 15) is 13.2 Å². The molecule has 0 radical (unpaired) electrons. The van der Waals surface area contributed by atoms with Crippen molar-refractivity contribution in [3.8, 4) is 0 Å². The molecule has 2 aromatic heterocycles. The van der Waals surface area contributed by atoms with Crippen LogP contribution in [0.3, 0.4) is 0 Å². The van der Waals surface area contributed by atoms with E-state index in [1.807, 2.05) is 0 Å². The van der Waals surface area contributed by atoms with Crippen molar-refractivity contribution < 1.29 is 13.2 Å². The highest BCUT2D eigenvalue weighted by Gasteiger charge is 2.29. The van der Waals surface area contributed by atoms with Crippen LogP contribution in [-0.2, 0) is 10.0 Å². The van der Waals surface area contributed by atoms with Gasteiger partial charge in [0, 0.05) is 31.5 Å². The lowest BCUT2D eigenvalue weighted by molar-refractivity contribution is 0.0711. The molecule has 8 nitrogen and oxygen atoms in total. The molecular weight excluding hydrogens is 342 g/mol. The molecule has 1 fully saturated rings. The van der Waals surface area contributed by atoms with Gasteiger partial charge in [-0.2, -0.15) is 5.10 Å². The van der Waals surface area contributed by atoms with Gasteiger partial charge in [0.05, 0.1) is 17.0 Å². The number of nitrogens with zero attached hydrogens (tertiary/aromatic N) is 3. The molecule has 1 saturated heterocycles. The number of nitrogens with one attached hydrogen (secondary N) is 2. The largest absolute Gasteiger partial charge is 0.338 e. The van der Waals surface area contributed by atoms with E-state index in [4.69, 9.17) is 0 Å². The fourth-order valence-corrected chi connectivity index (χ4v) is 4.76. The Labute approximate surface area is 146 Å². The van der Waals surface area contributed by atoms with E-state index in [1.54, 1.807) is 43.3 Å². The fraction of sp³-hybridized carbons (Fsp3) is 0.438. The number of piperidine rings is 1. The molecule has 0 unspecified atom stereocenters. The quantitative estimate of drug-likeness (QED) is 0.843. The van der Waals surface area contributed by atoms with Gasteiger partial charge < -0.3 is 4.90 Å². The van der Waals surface area contributed by atoms with Crippen LogP contribution in [0.5, 0.6) is 0 Å². The summed E-state index contributed by atoms with van der Waals surface area (Å²) in [6, 6.07) is 3.26. The summed E-state index contributed by atoms with van der Waals surface area (Å²) in [6.45, 7) is 4.35. The van der Waals surface area contributed by atoms with E-state index in [2.05, 4.69) is 19.9 Å². The normalized spacial score (nSPS) is 16.2. The molecule has 3 heterocycles. The van der Waals surface area contributed by atoms with Gasteiger partial charge in [-0.05, 0) is 38.8 Å². The Hall–Kier alpha value is -2.26. The molecule has 3 rings (SSSR count). The summed E-state index contributed by atoms with van der Waals surface area (Å²) < 4.78 is 27.9. The number of carbonyl (C=O) groups is 1. The summed E-state index contributed by atoms with van der Waals surface area (Å²) >= 11 is 0. The highest BCUT2D eigenvalue weighted by Crippen LogP contribution is 2.20. The smallest absolute Gasteiger partial charge is 0.255 e. The van der Waals surface area contributed by atoms with Crippen LogP contribution in [-0.4, -0.2) is 53.5 Å². The molecule has 0 bridgehead atoms. The fourth-order valence-electron chi connectivity index (χ4n) is 3.09. The van der Waals surface area contributed by atoms with Crippen LogP contribution in [0.2, 0.25) is 0 Å². The molecular formula is C16H21N5O3S. The number of hydrogen-bond acceptors (Lipinski definition) is 5. The first-order chi connectivity index (χ1) is 11.9. The first-order valence-corrected chi connectivity index (χ1v) is 9.60. The average Bonchev–Trinajstić information content (AvgIpc) is 2.95. The van der Waals surface area contributed by atoms with Crippen LogP contribution in [0, 0.1) is 13.8 Å². The van der Waals surface area contributed by atoms with Crippen molar-refractivity contribution >= 4 is 15.9 Å². The third kappa shape index (κ3) is 3.72. The average molecular weight is 363 g/mol. The Morgan fingerprint density at radius 2 is 2.04 bits per heavy atom. The summed E-state index contributed by atoms with van der Waals surface area (Å²) in [5.41, 5.74) is 1.52. The molecule has 0 aliphatic carbocycles. The van der Waals surface area contributed by atoms with Gasteiger partial charge in [0.1, 0.15) is 4.90 Å². The molecule has 0 spiro atoms. The number of rotatable bonds is 4. The highest BCUT2D eigenvalue weighted by molar-refractivity contribution is 7.89. The van der Waals surface area contributed by atoms with Crippen molar-refractivity contribution in [3.63, 3.8) is 0 Å². The molecule has 1 aliphatic rings. The van der Waals surface area contributed by atoms with Crippen LogP contribution in [0.15, 0.2) is 29.4 Å². The van der Waals surface area contributed by atoms with E-state index in [0.29, 0.717) is 42.9 Å². The molecule has 9 heteroatoms. The van der Waals surface area contributed by atoms with E-state index >= 15 is 0 Å². The van der Waals surface area contributed by atoms with Crippen LogP contribution in [0.1, 0.15) is 34.6 Å². The lowest BCUT2D eigenvalue weighted by Gasteiger charge is -2.32. The van der Waals surface area contributed by atoms with Gasteiger partial charge in [-0.1, -0.05) is 0 Å². The zero-order valence-electron chi connectivity index (χ0n) is 14.2. The van der Waals surface area contributed by atoms with E-state index in [1.165, 1.54) is 0 Å². The second-order valence-corrected chi connectivity index (χ2v) is 7.84. The topological polar surface area (TPSA) is 108 Å². The van der Waals surface area contributed by atoms with E-state index in [-0.39, 0.29) is 16.8 Å². The molecule has 2 aromatic rings. The number of aryl methyl sites for hydroxylation is 2. The van der Waals surface area contributed by atoms with E-state index in [0.717, 1.165) is 0 Å². The Balaban J connectivity index is 1.62. The minimum Gasteiger partial charge on any atom is -0.338 e. The van der Waals surface area contributed by atoms with Gasteiger partial charge in [-0.3, -0.25) is 14.9 Å². The summed E-state index contributed by atoms with van der Waals surface area (Å²) in [5.74, 6) is -0.0732. The van der Waals surface area contributed by atoms with Gasteiger partial charge in [0.15, 0.2) is 0 Å². The number of sulfonamides is 1. The summed E-state index contributed by atoms with van der Waals surface area (Å²) in [6.07, 6.45) is 4.31. The van der Waals surface area contributed by atoms with Crippen molar-refractivity contribution in [3.05, 3.63) is 41.5 Å². The maximum Gasteiger partial charge on any atom is 0.255 e. The number of amides is 1. The van der Waals surface area contributed by atoms with Crippen LogP contribution >= 0.6 is 0 Å². The second-order valence-electron chi connectivity index (χ2n) is 6.19. The zero-order chi connectivity index (χ0) is 18.0. The number of aromatic amines is 1. The van der Waals surface area contributed by atoms with Gasteiger partial charge in [0.25, 0.3) is 5.91 Å². The zero-order valence-corrected chi connectivity index (χ0v) is 15.0. The number of pyridine rings is 1. The first-order valence-electron chi connectivity index (χ1n) is 8.11. The Morgan fingerprint density at radius 3 is 2.60 bits per heavy atom. The van der Waals surface area contributed by atoms with Gasteiger partial charge in [-0.25, -0.2) is 13.1 Å². The maximum absolute atomic E-state index is 12.6. The number of carbonyl (C=O) groups excluding carboxylic acids is 1. The second kappa shape index (κ2) is 6.93. The molecule has 134 valence electrons. The third-order valence-corrected chi connectivity index (χ3v) is 6.12. The van der Waals surface area contributed by atoms with Gasteiger partial charge in [-0.15, -0.1) is 0 Å². The van der Waals surface area contributed by atoms with E-state index < -0.39 is 10.0 Å². The third-order valence-electron chi connectivity index (χ3n) is 4.34.